The standard InChI is InChI=1S/C8H14N2O4.C6H10N2O4/c1-5(2)13-7(11)9-10-8(12)14-6(3)4;1-3-11-5(9)7-8-6(10)12-4-2/h5-6H,1-4H3;3-4H2,1-2H3. The molecule has 0 spiro atoms. The Labute approximate surface area is 150 Å². The number of carbonyl (C=O) groups excluding carboxylic acids is 4. The van der Waals surface area contributed by atoms with Crippen molar-refractivity contribution < 1.29 is 38.1 Å². The minimum absolute atomic E-state index is 0.195. The average Bonchev–Trinajstić information content (AvgIpc) is 2.51. The lowest BCUT2D eigenvalue weighted by Gasteiger charge is -2.03. The lowest BCUT2D eigenvalue weighted by Crippen LogP contribution is -2.09. The van der Waals surface area contributed by atoms with Crippen molar-refractivity contribution in [2.45, 2.75) is 53.8 Å². The molecule has 0 aliphatic rings. The van der Waals surface area contributed by atoms with Crippen molar-refractivity contribution in [2.75, 3.05) is 13.2 Å². The zero-order valence-corrected chi connectivity index (χ0v) is 15.6. The molecule has 0 heterocycles. The number of carbonyl (C=O) groups is 4. The van der Waals surface area contributed by atoms with Crippen molar-refractivity contribution in [1.29, 1.82) is 0 Å². The molecule has 4 amide bonds. The first-order chi connectivity index (χ1) is 12.1. The van der Waals surface area contributed by atoms with Gasteiger partial charge in [0.2, 0.25) is 0 Å². The molecule has 12 nitrogen and oxygen atoms in total. The van der Waals surface area contributed by atoms with Gasteiger partial charge in [0, 0.05) is 0 Å². The summed E-state index contributed by atoms with van der Waals surface area (Å²) in [6.07, 6.45) is -4.18. The Balaban J connectivity index is 0. The SMILES string of the molecule is CC(C)OC(=O)N=NC(=O)OC(C)C.CCOC(=O)N=NC(=O)OCC. The summed E-state index contributed by atoms with van der Waals surface area (Å²) in [5.74, 6) is 0. The fraction of sp³-hybridized carbons (Fsp3) is 0.714. The van der Waals surface area contributed by atoms with E-state index in [0.717, 1.165) is 0 Å². The van der Waals surface area contributed by atoms with Crippen LogP contribution in [0.2, 0.25) is 0 Å². The summed E-state index contributed by atoms with van der Waals surface area (Å²) >= 11 is 0. The van der Waals surface area contributed by atoms with Crippen molar-refractivity contribution in [3.63, 3.8) is 0 Å². The van der Waals surface area contributed by atoms with Crippen LogP contribution in [0, 0.1) is 0 Å². The molecule has 0 aromatic carbocycles. The predicted octanol–water partition coefficient (Wildman–Crippen LogP) is 4.28. The van der Waals surface area contributed by atoms with E-state index in [1.54, 1.807) is 41.5 Å². The number of amides is 4. The van der Waals surface area contributed by atoms with Gasteiger partial charge in [0.1, 0.15) is 0 Å². The van der Waals surface area contributed by atoms with Crippen LogP contribution in [-0.2, 0) is 18.9 Å². The van der Waals surface area contributed by atoms with Crippen LogP contribution in [0.1, 0.15) is 41.5 Å². The summed E-state index contributed by atoms with van der Waals surface area (Å²) in [5.41, 5.74) is 0. The van der Waals surface area contributed by atoms with Gasteiger partial charge in [0.15, 0.2) is 0 Å². The maximum Gasteiger partial charge on any atom is 0.452 e. The molecule has 0 aromatic heterocycles. The van der Waals surface area contributed by atoms with Gasteiger partial charge in [-0.15, -0.1) is 0 Å². The highest BCUT2D eigenvalue weighted by Gasteiger charge is 2.06. The van der Waals surface area contributed by atoms with Gasteiger partial charge in [-0.1, -0.05) is 20.5 Å². The largest absolute Gasteiger partial charge is 0.452 e. The average molecular weight is 376 g/mol. The zero-order chi connectivity index (χ0) is 20.5. The molecule has 12 heteroatoms. The number of azo groups is 2. The van der Waals surface area contributed by atoms with E-state index in [4.69, 9.17) is 0 Å². The van der Waals surface area contributed by atoms with Gasteiger partial charge in [-0.2, -0.15) is 0 Å². The number of hydrogen-bond donors (Lipinski definition) is 0. The summed E-state index contributed by atoms with van der Waals surface area (Å²) in [4.78, 5) is 42.4. The Hall–Kier alpha value is -2.92. The maximum absolute atomic E-state index is 10.8. The number of ether oxygens (including phenoxy) is 4. The van der Waals surface area contributed by atoms with Crippen LogP contribution in [0.5, 0.6) is 0 Å². The third kappa shape index (κ3) is 19.1. The van der Waals surface area contributed by atoms with Gasteiger partial charge in [-0.25, -0.2) is 19.2 Å². The highest BCUT2D eigenvalue weighted by Crippen LogP contribution is 1.96. The molecule has 0 aliphatic heterocycles. The van der Waals surface area contributed by atoms with Gasteiger partial charge < -0.3 is 18.9 Å². The number of nitrogens with zero attached hydrogens (tertiary/aromatic N) is 4. The summed E-state index contributed by atoms with van der Waals surface area (Å²) in [5, 5.41) is 11.9. The van der Waals surface area contributed by atoms with Crippen molar-refractivity contribution in [2.24, 2.45) is 20.5 Å². The summed E-state index contributed by atoms with van der Waals surface area (Å²) in [7, 11) is 0. The first kappa shape index (κ1) is 25.3. The minimum Gasteiger partial charge on any atom is -0.447 e. The summed E-state index contributed by atoms with van der Waals surface area (Å²) < 4.78 is 17.9. The maximum atomic E-state index is 10.8. The summed E-state index contributed by atoms with van der Waals surface area (Å²) in [6, 6.07) is 0. The van der Waals surface area contributed by atoms with E-state index >= 15 is 0 Å². The fourth-order valence-corrected chi connectivity index (χ4v) is 0.918. The molecule has 0 atom stereocenters. The van der Waals surface area contributed by atoms with Crippen LogP contribution in [-0.4, -0.2) is 49.8 Å². The molecule has 148 valence electrons. The van der Waals surface area contributed by atoms with Crippen molar-refractivity contribution in [3.8, 4) is 0 Å². The van der Waals surface area contributed by atoms with E-state index < -0.39 is 24.4 Å². The van der Waals surface area contributed by atoms with Crippen LogP contribution in [0.3, 0.4) is 0 Å². The van der Waals surface area contributed by atoms with Gasteiger partial charge in [-0.05, 0) is 41.5 Å². The van der Waals surface area contributed by atoms with Gasteiger partial charge in [0.25, 0.3) is 0 Å². The lowest BCUT2D eigenvalue weighted by atomic mass is 10.5. The minimum atomic E-state index is -0.902. The van der Waals surface area contributed by atoms with E-state index in [1.165, 1.54) is 0 Å². The molecular formula is C14H24N4O8. The Morgan fingerprint density at radius 2 is 0.885 bits per heavy atom. The molecule has 0 bridgehead atoms. The Kier molecular flexibility index (Phi) is 15.2. The van der Waals surface area contributed by atoms with E-state index in [2.05, 4.69) is 39.4 Å². The van der Waals surface area contributed by atoms with E-state index in [0.29, 0.717) is 0 Å². The van der Waals surface area contributed by atoms with Crippen LogP contribution in [0.15, 0.2) is 20.5 Å². The fourth-order valence-electron chi connectivity index (χ4n) is 0.918. The predicted molar refractivity (Wildman–Crippen MR) is 87.0 cm³/mol. The quantitative estimate of drug-likeness (QED) is 0.520. The third-order valence-corrected chi connectivity index (χ3v) is 1.64. The molecule has 0 aromatic rings. The molecule has 0 rings (SSSR count). The second kappa shape index (κ2) is 15.6. The second-order valence-corrected chi connectivity index (χ2v) is 4.66. The summed E-state index contributed by atoms with van der Waals surface area (Å²) in [6.45, 7) is 10.3. The molecule has 0 unspecified atom stereocenters. The van der Waals surface area contributed by atoms with E-state index in [9.17, 15) is 19.2 Å². The third-order valence-electron chi connectivity index (χ3n) is 1.64. The molecule has 0 saturated heterocycles. The number of hydrogen-bond acceptors (Lipinski definition) is 8. The molecule has 26 heavy (non-hydrogen) atoms. The lowest BCUT2D eigenvalue weighted by molar-refractivity contribution is 0.115. The van der Waals surface area contributed by atoms with Crippen molar-refractivity contribution in [3.05, 3.63) is 0 Å². The smallest absolute Gasteiger partial charge is 0.447 e. The molecule has 0 aliphatic carbocycles. The Morgan fingerprint density at radius 3 is 1.12 bits per heavy atom. The van der Waals surface area contributed by atoms with Crippen LogP contribution < -0.4 is 0 Å². The molecule has 0 radical (unpaired) electrons. The van der Waals surface area contributed by atoms with Gasteiger partial charge in [0.05, 0.1) is 25.4 Å². The molecular weight excluding hydrogens is 352 g/mol. The van der Waals surface area contributed by atoms with Gasteiger partial charge in [-0.3, -0.25) is 0 Å². The van der Waals surface area contributed by atoms with Crippen LogP contribution in [0.25, 0.3) is 0 Å². The molecule has 0 N–H and O–H groups in total. The van der Waals surface area contributed by atoms with E-state index in [1.807, 2.05) is 0 Å². The first-order valence-electron chi connectivity index (χ1n) is 7.70. The topological polar surface area (TPSA) is 155 Å². The normalized spacial score (nSPS) is 10.5. The second-order valence-electron chi connectivity index (χ2n) is 4.66. The molecule has 0 fully saturated rings. The monoisotopic (exact) mass is 376 g/mol. The van der Waals surface area contributed by atoms with Crippen LogP contribution in [0.4, 0.5) is 19.2 Å². The highest BCUT2D eigenvalue weighted by molar-refractivity contribution is 5.73. The molecule has 0 saturated carbocycles. The van der Waals surface area contributed by atoms with Crippen molar-refractivity contribution >= 4 is 24.4 Å². The Morgan fingerprint density at radius 1 is 0.615 bits per heavy atom. The Bertz CT molecular complexity index is 473. The first-order valence-corrected chi connectivity index (χ1v) is 7.70. The van der Waals surface area contributed by atoms with Crippen molar-refractivity contribution in [1.82, 2.24) is 0 Å². The van der Waals surface area contributed by atoms with Crippen LogP contribution >= 0.6 is 0 Å². The van der Waals surface area contributed by atoms with Gasteiger partial charge >= 0.3 is 24.4 Å². The van der Waals surface area contributed by atoms with E-state index in [-0.39, 0.29) is 25.4 Å². The zero-order valence-electron chi connectivity index (χ0n) is 15.6. The highest BCUT2D eigenvalue weighted by atomic mass is 16.6. The number of rotatable bonds is 4.